The number of hydrogen-bond acceptors (Lipinski definition) is 3. The Morgan fingerprint density at radius 2 is 1.90 bits per heavy atom. The summed E-state index contributed by atoms with van der Waals surface area (Å²) in [6, 6.07) is 13.3. The van der Waals surface area contributed by atoms with Crippen LogP contribution in [0.4, 0.5) is 0 Å². The lowest BCUT2D eigenvalue weighted by Crippen LogP contribution is -2.49. The monoisotopic (exact) mass is 406 g/mol. The van der Waals surface area contributed by atoms with Crippen molar-refractivity contribution in [1.29, 1.82) is 0 Å². The van der Waals surface area contributed by atoms with Crippen LogP contribution < -0.4 is 4.74 Å². The molecule has 2 aliphatic rings. The average Bonchev–Trinajstić information content (AvgIpc) is 2.73. The lowest BCUT2D eigenvalue weighted by Gasteiger charge is -2.48. The van der Waals surface area contributed by atoms with E-state index in [1.807, 2.05) is 12.1 Å². The SMILES string of the molecule is CC(C)=CCC[C@@]1(C)Oc2cc(-c3ccc(C(=O)O)cc3)ccc2[C@@H]2OCCC[C@H]21. The van der Waals surface area contributed by atoms with Crippen molar-refractivity contribution >= 4 is 5.97 Å². The highest BCUT2D eigenvalue weighted by atomic mass is 16.5. The standard InChI is InChI=1S/C26H30O4/c1-17(2)6-4-14-26(3)22-7-5-15-29-24(22)21-13-12-20(16-23(21)30-26)18-8-10-19(11-9-18)25(27)28/h6,8-13,16,22,24H,4-5,7,14-15H2,1-3H3,(H,27,28)/t22-,24+,26-/m1/s1. The van der Waals surface area contributed by atoms with E-state index in [1.54, 1.807) is 12.1 Å². The van der Waals surface area contributed by atoms with E-state index in [2.05, 4.69) is 45.0 Å². The summed E-state index contributed by atoms with van der Waals surface area (Å²) in [5.74, 6) is 0.325. The molecule has 2 aliphatic heterocycles. The summed E-state index contributed by atoms with van der Waals surface area (Å²) in [4.78, 5) is 11.1. The van der Waals surface area contributed by atoms with E-state index in [0.29, 0.717) is 11.5 Å². The topological polar surface area (TPSA) is 55.8 Å². The Bertz CT molecular complexity index is 955. The molecule has 4 heteroatoms. The van der Waals surface area contributed by atoms with Crippen molar-refractivity contribution in [3.05, 3.63) is 65.2 Å². The van der Waals surface area contributed by atoms with Crippen LogP contribution in [-0.2, 0) is 4.74 Å². The second-order valence-corrected chi connectivity index (χ2v) is 8.91. The second kappa shape index (κ2) is 8.27. The Balaban J connectivity index is 1.67. The summed E-state index contributed by atoms with van der Waals surface area (Å²) in [6.07, 6.45) is 6.50. The van der Waals surface area contributed by atoms with Gasteiger partial charge in [0.1, 0.15) is 11.4 Å². The Morgan fingerprint density at radius 1 is 1.17 bits per heavy atom. The number of fused-ring (bicyclic) bond motifs is 3. The molecule has 0 bridgehead atoms. The van der Waals surface area contributed by atoms with Crippen LogP contribution in [0.25, 0.3) is 11.1 Å². The fourth-order valence-electron chi connectivity index (χ4n) is 4.77. The van der Waals surface area contributed by atoms with Crippen molar-refractivity contribution in [2.75, 3.05) is 6.61 Å². The highest BCUT2D eigenvalue weighted by Crippen LogP contribution is 2.51. The molecular weight excluding hydrogens is 376 g/mol. The Hall–Kier alpha value is -2.59. The Kier molecular flexibility index (Phi) is 5.70. The quantitative estimate of drug-likeness (QED) is 0.582. The lowest BCUT2D eigenvalue weighted by molar-refractivity contribution is -0.126. The van der Waals surface area contributed by atoms with Crippen LogP contribution in [0.5, 0.6) is 5.75 Å². The number of carboxylic acid groups (broad SMARTS) is 1. The van der Waals surface area contributed by atoms with Crippen LogP contribution >= 0.6 is 0 Å². The molecule has 0 aromatic heterocycles. The summed E-state index contributed by atoms with van der Waals surface area (Å²) in [5, 5.41) is 9.14. The minimum Gasteiger partial charge on any atom is -0.487 e. The van der Waals surface area contributed by atoms with Gasteiger partial charge in [-0.05, 0) is 75.8 Å². The van der Waals surface area contributed by atoms with Gasteiger partial charge in [-0.25, -0.2) is 4.79 Å². The predicted octanol–water partition coefficient (Wildman–Crippen LogP) is 6.42. The summed E-state index contributed by atoms with van der Waals surface area (Å²) in [5.41, 5.74) is 4.48. The number of rotatable bonds is 5. The molecule has 30 heavy (non-hydrogen) atoms. The van der Waals surface area contributed by atoms with E-state index < -0.39 is 5.97 Å². The molecule has 0 radical (unpaired) electrons. The molecule has 1 fully saturated rings. The highest BCUT2D eigenvalue weighted by molar-refractivity contribution is 5.88. The van der Waals surface area contributed by atoms with Crippen molar-refractivity contribution in [3.8, 4) is 16.9 Å². The Labute approximate surface area is 178 Å². The zero-order valence-corrected chi connectivity index (χ0v) is 18.0. The van der Waals surface area contributed by atoms with Gasteiger partial charge in [0.15, 0.2) is 0 Å². The molecule has 4 rings (SSSR count). The Morgan fingerprint density at radius 3 is 2.60 bits per heavy atom. The first-order valence-electron chi connectivity index (χ1n) is 10.8. The van der Waals surface area contributed by atoms with Gasteiger partial charge in [0.05, 0.1) is 11.7 Å². The van der Waals surface area contributed by atoms with Crippen molar-refractivity contribution in [2.45, 2.75) is 58.2 Å². The number of allylic oxidation sites excluding steroid dienone is 2. The molecule has 0 saturated carbocycles. The first-order chi connectivity index (χ1) is 14.4. The molecule has 158 valence electrons. The van der Waals surface area contributed by atoms with E-state index in [0.717, 1.165) is 54.7 Å². The third-order valence-electron chi connectivity index (χ3n) is 6.43. The summed E-state index contributed by atoms with van der Waals surface area (Å²) in [7, 11) is 0. The minimum atomic E-state index is -0.914. The van der Waals surface area contributed by atoms with Gasteiger partial charge in [-0.15, -0.1) is 0 Å². The number of carboxylic acids is 1. The van der Waals surface area contributed by atoms with Gasteiger partial charge in [-0.3, -0.25) is 0 Å². The van der Waals surface area contributed by atoms with Gasteiger partial charge < -0.3 is 14.6 Å². The van der Waals surface area contributed by atoms with E-state index in [4.69, 9.17) is 14.6 Å². The molecule has 2 aromatic rings. The van der Waals surface area contributed by atoms with Crippen LogP contribution in [0.15, 0.2) is 54.1 Å². The smallest absolute Gasteiger partial charge is 0.335 e. The van der Waals surface area contributed by atoms with E-state index >= 15 is 0 Å². The zero-order valence-electron chi connectivity index (χ0n) is 18.0. The van der Waals surface area contributed by atoms with Gasteiger partial charge in [0.25, 0.3) is 0 Å². The molecule has 1 N–H and O–H groups in total. The van der Waals surface area contributed by atoms with Crippen molar-refractivity contribution in [3.63, 3.8) is 0 Å². The number of aromatic carboxylic acids is 1. The summed E-state index contributed by atoms with van der Waals surface area (Å²) >= 11 is 0. The minimum absolute atomic E-state index is 0.0719. The van der Waals surface area contributed by atoms with Gasteiger partial charge in [0.2, 0.25) is 0 Å². The summed E-state index contributed by atoms with van der Waals surface area (Å²) in [6.45, 7) is 7.29. The summed E-state index contributed by atoms with van der Waals surface area (Å²) < 4.78 is 12.9. The third kappa shape index (κ3) is 4.01. The molecule has 1 saturated heterocycles. The fraction of sp³-hybridized carbons (Fsp3) is 0.423. The number of ether oxygens (including phenoxy) is 2. The third-order valence-corrected chi connectivity index (χ3v) is 6.43. The van der Waals surface area contributed by atoms with Gasteiger partial charge in [0, 0.05) is 18.1 Å². The number of carbonyl (C=O) groups is 1. The molecular formula is C26H30O4. The van der Waals surface area contributed by atoms with Crippen LogP contribution in [0.1, 0.15) is 68.5 Å². The number of benzene rings is 2. The average molecular weight is 407 g/mol. The largest absolute Gasteiger partial charge is 0.487 e. The molecule has 3 atom stereocenters. The van der Waals surface area contributed by atoms with E-state index in [9.17, 15) is 4.79 Å². The predicted molar refractivity (Wildman–Crippen MR) is 118 cm³/mol. The van der Waals surface area contributed by atoms with Crippen LogP contribution in [-0.4, -0.2) is 23.3 Å². The first kappa shape index (κ1) is 20.7. The fourth-order valence-corrected chi connectivity index (χ4v) is 4.77. The van der Waals surface area contributed by atoms with Gasteiger partial charge >= 0.3 is 5.97 Å². The number of hydrogen-bond donors (Lipinski definition) is 1. The van der Waals surface area contributed by atoms with E-state index in [-0.39, 0.29) is 11.7 Å². The highest BCUT2D eigenvalue weighted by Gasteiger charge is 2.47. The maximum atomic E-state index is 11.1. The maximum absolute atomic E-state index is 11.1. The zero-order chi connectivity index (χ0) is 21.3. The second-order valence-electron chi connectivity index (χ2n) is 8.91. The molecule has 0 aliphatic carbocycles. The normalized spacial score (nSPS) is 24.9. The molecule has 2 heterocycles. The first-order valence-corrected chi connectivity index (χ1v) is 10.8. The van der Waals surface area contributed by atoms with Crippen molar-refractivity contribution in [1.82, 2.24) is 0 Å². The van der Waals surface area contributed by atoms with Crippen molar-refractivity contribution < 1.29 is 19.4 Å². The van der Waals surface area contributed by atoms with Gasteiger partial charge in [-0.1, -0.05) is 35.9 Å². The van der Waals surface area contributed by atoms with Crippen molar-refractivity contribution in [2.24, 2.45) is 5.92 Å². The molecule has 0 unspecified atom stereocenters. The molecule has 2 aromatic carbocycles. The van der Waals surface area contributed by atoms with Crippen LogP contribution in [0.3, 0.4) is 0 Å². The van der Waals surface area contributed by atoms with Crippen LogP contribution in [0.2, 0.25) is 0 Å². The molecule has 4 nitrogen and oxygen atoms in total. The van der Waals surface area contributed by atoms with Gasteiger partial charge in [-0.2, -0.15) is 0 Å². The lowest BCUT2D eigenvalue weighted by atomic mass is 9.73. The van der Waals surface area contributed by atoms with E-state index in [1.165, 1.54) is 5.57 Å². The van der Waals surface area contributed by atoms with Crippen LogP contribution in [0, 0.1) is 5.92 Å². The maximum Gasteiger partial charge on any atom is 0.335 e. The molecule has 0 amide bonds. The molecule has 0 spiro atoms.